The van der Waals surface area contributed by atoms with E-state index in [1.165, 1.54) is 151 Å². The van der Waals surface area contributed by atoms with Crippen LogP contribution in [-0.2, 0) is 10.8 Å². The Morgan fingerprint density at radius 3 is 1.65 bits per heavy atom. The van der Waals surface area contributed by atoms with Crippen LogP contribution in [0.4, 0.5) is 22.7 Å². The summed E-state index contributed by atoms with van der Waals surface area (Å²) in [7, 11) is 0. The van der Waals surface area contributed by atoms with Gasteiger partial charge in [0.1, 0.15) is 0 Å². The molecule has 2 aromatic heterocycles. The highest BCUT2D eigenvalue weighted by Crippen LogP contribution is 2.63. The Bertz CT molecular complexity index is 3890. The van der Waals surface area contributed by atoms with E-state index in [0.29, 0.717) is 0 Å². The molecule has 2 aliphatic carbocycles. The molecule has 0 bridgehead atoms. The molecular formula is C64H55BCl2N4. The van der Waals surface area contributed by atoms with Crippen molar-refractivity contribution in [2.24, 2.45) is 0 Å². The summed E-state index contributed by atoms with van der Waals surface area (Å²) < 4.78 is 4.86. The molecule has 4 unspecified atom stereocenters. The van der Waals surface area contributed by atoms with Gasteiger partial charge in [0, 0.05) is 82.1 Å². The number of benzene rings is 8. The molecule has 2 saturated carbocycles. The molecule has 0 radical (unpaired) electrons. The summed E-state index contributed by atoms with van der Waals surface area (Å²) in [6.45, 7) is 10.2. The molecule has 6 heterocycles. The van der Waals surface area contributed by atoms with Gasteiger partial charge < -0.3 is 18.9 Å². The first kappa shape index (κ1) is 42.3. The van der Waals surface area contributed by atoms with E-state index >= 15 is 0 Å². The van der Waals surface area contributed by atoms with E-state index in [9.17, 15) is 0 Å². The summed E-state index contributed by atoms with van der Waals surface area (Å²) in [5.41, 5.74) is 20.2. The maximum atomic E-state index is 6.99. The number of aromatic nitrogens is 2. The Labute approximate surface area is 426 Å². The van der Waals surface area contributed by atoms with Crippen molar-refractivity contribution in [3.05, 3.63) is 185 Å². The van der Waals surface area contributed by atoms with E-state index in [1.54, 1.807) is 0 Å². The van der Waals surface area contributed by atoms with Crippen LogP contribution in [0.3, 0.4) is 0 Å². The minimum atomic E-state index is 0.0116. The van der Waals surface area contributed by atoms with E-state index in [2.05, 4.69) is 210 Å². The third kappa shape index (κ3) is 5.29. The SMILES string of the molecule is CC12CCCCC1(C)N(c1cc(Cl)cc(-n3c4ccccc4c4ccccc43)c1)c1ccccc12.CC12CCCCC1(C)N1c3cc(Cl)cc4c3B(c3cccc2c31)c1cccc2c3ccccc3n-4c12. The predicted octanol–water partition coefficient (Wildman–Crippen LogP) is 15.5. The molecule has 7 heteroatoms. The van der Waals surface area contributed by atoms with Crippen molar-refractivity contribution in [3.8, 4) is 11.4 Å². The third-order valence-electron chi connectivity index (χ3n) is 19.4. The summed E-state index contributed by atoms with van der Waals surface area (Å²) >= 11 is 13.9. The van der Waals surface area contributed by atoms with Gasteiger partial charge in [0.15, 0.2) is 0 Å². The van der Waals surface area contributed by atoms with Crippen LogP contribution in [0.2, 0.25) is 10.0 Å². The fourth-order valence-corrected chi connectivity index (χ4v) is 16.2. The Morgan fingerprint density at radius 2 is 0.930 bits per heavy atom. The molecule has 4 nitrogen and oxygen atoms in total. The van der Waals surface area contributed by atoms with Crippen molar-refractivity contribution in [1.29, 1.82) is 0 Å². The van der Waals surface area contributed by atoms with Crippen LogP contribution < -0.4 is 26.2 Å². The van der Waals surface area contributed by atoms with Gasteiger partial charge >= 0.3 is 0 Å². The second kappa shape index (κ2) is 14.6. The lowest BCUT2D eigenvalue weighted by molar-refractivity contribution is 0.195. The maximum absolute atomic E-state index is 6.99. The van der Waals surface area contributed by atoms with Crippen LogP contribution in [0.25, 0.3) is 55.0 Å². The Hall–Kier alpha value is -6.40. The van der Waals surface area contributed by atoms with E-state index in [4.69, 9.17) is 23.2 Å². The van der Waals surface area contributed by atoms with E-state index in [0.717, 1.165) is 15.7 Å². The number of fused-ring (bicyclic) bond motifs is 16. The first-order valence-electron chi connectivity index (χ1n) is 26.0. The Morgan fingerprint density at radius 1 is 0.423 bits per heavy atom. The van der Waals surface area contributed by atoms with Gasteiger partial charge in [-0.15, -0.1) is 0 Å². The quantitative estimate of drug-likeness (QED) is 0.161. The smallest absolute Gasteiger partial charge is 0.252 e. The average Bonchev–Trinajstić information content (AvgIpc) is 4.04. The lowest BCUT2D eigenvalue weighted by atomic mass is 9.33. The Balaban J connectivity index is 0.000000127. The summed E-state index contributed by atoms with van der Waals surface area (Å²) in [5, 5.41) is 6.77. The number of hydrogen-bond acceptors (Lipinski definition) is 2. The van der Waals surface area contributed by atoms with E-state index < -0.39 is 0 Å². The second-order valence-corrected chi connectivity index (χ2v) is 23.4. The van der Waals surface area contributed by atoms with Gasteiger partial charge in [0.25, 0.3) is 6.71 Å². The average molecular weight is 962 g/mol. The zero-order valence-electron chi connectivity index (χ0n) is 40.9. The zero-order valence-corrected chi connectivity index (χ0v) is 42.4. The summed E-state index contributed by atoms with van der Waals surface area (Å²) in [4.78, 5) is 5.33. The van der Waals surface area contributed by atoms with Gasteiger partial charge in [-0.25, -0.2) is 0 Å². The highest BCUT2D eigenvalue weighted by atomic mass is 35.5. The molecular weight excluding hydrogens is 906 g/mol. The molecule has 0 N–H and O–H groups in total. The van der Waals surface area contributed by atoms with Crippen LogP contribution in [-0.4, -0.2) is 26.9 Å². The highest BCUT2D eigenvalue weighted by Gasteiger charge is 2.61. The monoisotopic (exact) mass is 960 g/mol. The van der Waals surface area contributed by atoms with Crippen molar-refractivity contribution in [1.82, 2.24) is 9.13 Å². The van der Waals surface area contributed by atoms with Crippen LogP contribution in [0, 0.1) is 0 Å². The molecule has 4 aliphatic heterocycles. The van der Waals surface area contributed by atoms with Gasteiger partial charge in [-0.2, -0.15) is 0 Å². The van der Waals surface area contributed by atoms with Crippen molar-refractivity contribution in [2.45, 2.75) is 101 Å². The van der Waals surface area contributed by atoms with Crippen molar-refractivity contribution in [3.63, 3.8) is 0 Å². The van der Waals surface area contributed by atoms with Gasteiger partial charge in [0.05, 0.1) is 27.6 Å². The van der Waals surface area contributed by atoms with Crippen molar-refractivity contribution < 1.29 is 0 Å². The molecule has 16 rings (SSSR count). The topological polar surface area (TPSA) is 16.3 Å². The molecule has 71 heavy (non-hydrogen) atoms. The fourth-order valence-electron chi connectivity index (χ4n) is 15.8. The molecule has 0 amide bonds. The Kier molecular flexibility index (Phi) is 8.71. The van der Waals surface area contributed by atoms with Gasteiger partial charge in [-0.1, -0.05) is 172 Å². The summed E-state index contributed by atoms with van der Waals surface area (Å²) in [5.74, 6) is 0. The molecule has 0 saturated heterocycles. The van der Waals surface area contributed by atoms with Crippen LogP contribution in [0.1, 0.15) is 90.2 Å². The number of nitrogens with zero attached hydrogens (tertiary/aromatic N) is 4. The maximum Gasteiger partial charge on any atom is 0.252 e. The summed E-state index contributed by atoms with van der Waals surface area (Å²) in [6, 6.07) is 60.3. The predicted molar refractivity (Wildman–Crippen MR) is 302 cm³/mol. The van der Waals surface area contributed by atoms with Crippen LogP contribution in [0.15, 0.2) is 164 Å². The molecule has 10 aromatic rings. The van der Waals surface area contributed by atoms with Crippen molar-refractivity contribution >= 4 is 113 Å². The molecule has 0 spiro atoms. The fraction of sp³-hybridized carbons (Fsp3) is 0.250. The normalized spacial score (nSPS) is 24.2. The van der Waals surface area contributed by atoms with Crippen LogP contribution in [0.5, 0.6) is 0 Å². The minimum absolute atomic E-state index is 0.0116. The number of hydrogen-bond donors (Lipinski definition) is 0. The number of halogens is 2. The lowest BCUT2D eigenvalue weighted by Crippen LogP contribution is -2.64. The zero-order chi connectivity index (χ0) is 47.8. The van der Waals surface area contributed by atoms with Gasteiger partial charge in [0.2, 0.25) is 0 Å². The summed E-state index contributed by atoms with van der Waals surface area (Å²) in [6.07, 6.45) is 9.97. The lowest BCUT2D eigenvalue weighted by Gasteiger charge is -2.52. The van der Waals surface area contributed by atoms with Gasteiger partial charge in [-0.3, -0.25) is 0 Å². The highest BCUT2D eigenvalue weighted by molar-refractivity contribution is 7.00. The van der Waals surface area contributed by atoms with Crippen molar-refractivity contribution in [2.75, 3.05) is 9.80 Å². The number of rotatable bonds is 2. The first-order chi connectivity index (χ1) is 34.5. The molecule has 6 aliphatic rings. The number of anilines is 4. The number of para-hydroxylation sites is 6. The van der Waals surface area contributed by atoms with E-state index in [-0.39, 0.29) is 28.6 Å². The molecule has 8 aromatic carbocycles. The van der Waals surface area contributed by atoms with E-state index in [1.807, 2.05) is 0 Å². The molecule has 4 atom stereocenters. The first-order valence-corrected chi connectivity index (χ1v) is 26.8. The second-order valence-electron chi connectivity index (χ2n) is 22.5. The largest absolute Gasteiger partial charge is 0.335 e. The molecule has 2 fully saturated rings. The van der Waals surface area contributed by atoms with Gasteiger partial charge in [-0.05, 0) is 122 Å². The minimum Gasteiger partial charge on any atom is -0.335 e. The van der Waals surface area contributed by atoms with Crippen LogP contribution >= 0.6 is 23.2 Å². The third-order valence-corrected chi connectivity index (χ3v) is 19.8. The standard InChI is InChI=1S/C32H26BClN2.C32H29ClN2/c1-31-15-5-6-16-32(31,2)36-27-18-19(34)17-26-28(27)33(24-13-8-11-22(31)30(24)36)23-12-7-10-21-20-9-3-4-14-25(20)35(26)29(21)23;1-31-17-9-10-18-32(31,2)35(30-16-8-5-13-27(30)31)24-20-22(33)19-23(21-24)34-28-14-6-3-11-25(28)26-12-4-7-15-29(26)34/h3-4,7-14,17-18H,5-6,15-16H2,1-2H3;3-8,11-16,19-21H,9-10,17-18H2,1-2H3. The molecule has 348 valence electrons.